The summed E-state index contributed by atoms with van der Waals surface area (Å²) in [6.45, 7) is 0. The number of pyridine rings is 1. The van der Waals surface area contributed by atoms with E-state index in [1.54, 1.807) is 6.26 Å². The Kier molecular flexibility index (Phi) is 3.39. The van der Waals surface area contributed by atoms with Crippen LogP contribution in [0.1, 0.15) is 0 Å². The Morgan fingerprint density at radius 3 is 2.38 bits per heavy atom. The molecule has 0 N–H and O–H groups in total. The maximum absolute atomic E-state index is 13.7. The zero-order valence-electron chi connectivity index (χ0n) is 7.76. The van der Waals surface area contributed by atoms with Crippen molar-refractivity contribution >= 4 is 57.5 Å². The second-order valence-electron chi connectivity index (χ2n) is 2.73. The Balaban J connectivity index is 2.98. The lowest BCUT2D eigenvalue weighted by molar-refractivity contribution is 0.628. The van der Waals surface area contributed by atoms with Crippen LogP contribution in [0.15, 0.2) is 5.03 Å². The SMILES string of the molecule is CSc1nc(Cl)c(F)c2nc(Cl)nc(Cl)c12. The summed E-state index contributed by atoms with van der Waals surface area (Å²) >= 11 is 18.4. The van der Waals surface area contributed by atoms with Crippen LogP contribution in [0.2, 0.25) is 15.6 Å². The molecule has 0 aliphatic carbocycles. The number of halogens is 4. The highest BCUT2D eigenvalue weighted by Gasteiger charge is 2.17. The summed E-state index contributed by atoms with van der Waals surface area (Å²) in [5.74, 6) is -0.749. The first-order valence-corrected chi connectivity index (χ1v) is 6.32. The Hall–Kier alpha value is -0.360. The number of rotatable bonds is 1. The first-order chi connectivity index (χ1) is 7.54. The molecule has 0 bridgehead atoms. The van der Waals surface area contributed by atoms with Gasteiger partial charge in [0.05, 0.1) is 5.39 Å². The van der Waals surface area contributed by atoms with Crippen molar-refractivity contribution in [1.29, 1.82) is 0 Å². The maximum Gasteiger partial charge on any atom is 0.224 e. The number of thioether (sulfide) groups is 1. The van der Waals surface area contributed by atoms with Gasteiger partial charge in [0.25, 0.3) is 0 Å². The van der Waals surface area contributed by atoms with Gasteiger partial charge in [-0.25, -0.2) is 19.3 Å². The van der Waals surface area contributed by atoms with Crippen LogP contribution < -0.4 is 0 Å². The van der Waals surface area contributed by atoms with Gasteiger partial charge in [-0.05, 0) is 17.9 Å². The normalized spacial score (nSPS) is 11.1. The third-order valence-corrected chi connectivity index (χ3v) is 3.21. The number of hydrogen-bond acceptors (Lipinski definition) is 4. The molecule has 2 aromatic heterocycles. The lowest BCUT2D eigenvalue weighted by Crippen LogP contribution is -1.96. The smallest absolute Gasteiger partial charge is 0.224 e. The molecule has 0 fully saturated rings. The third-order valence-electron chi connectivity index (χ3n) is 1.83. The number of hydrogen-bond donors (Lipinski definition) is 0. The Morgan fingerprint density at radius 1 is 1.06 bits per heavy atom. The summed E-state index contributed by atoms with van der Waals surface area (Å²) in [5, 5.41) is 0.444. The molecule has 0 spiro atoms. The van der Waals surface area contributed by atoms with Gasteiger partial charge in [-0.1, -0.05) is 23.2 Å². The zero-order valence-corrected chi connectivity index (χ0v) is 10.8. The fourth-order valence-corrected chi connectivity index (χ4v) is 2.53. The van der Waals surface area contributed by atoms with Gasteiger partial charge in [0.2, 0.25) is 5.28 Å². The average molecular weight is 299 g/mol. The van der Waals surface area contributed by atoms with Crippen molar-refractivity contribution in [3.63, 3.8) is 0 Å². The highest BCUT2D eigenvalue weighted by atomic mass is 35.5. The zero-order chi connectivity index (χ0) is 11.9. The van der Waals surface area contributed by atoms with Crippen molar-refractivity contribution in [2.24, 2.45) is 0 Å². The molecule has 3 nitrogen and oxygen atoms in total. The van der Waals surface area contributed by atoms with Crippen LogP contribution in [0.3, 0.4) is 0 Å². The van der Waals surface area contributed by atoms with E-state index >= 15 is 0 Å². The van der Waals surface area contributed by atoms with E-state index < -0.39 is 5.82 Å². The number of aromatic nitrogens is 3. The Bertz CT molecular complexity index is 578. The Morgan fingerprint density at radius 2 is 1.75 bits per heavy atom. The summed E-state index contributed by atoms with van der Waals surface area (Å²) in [7, 11) is 0. The molecule has 8 heteroatoms. The van der Waals surface area contributed by atoms with E-state index in [2.05, 4.69) is 15.0 Å². The minimum absolute atomic E-state index is 0.0191. The van der Waals surface area contributed by atoms with Gasteiger partial charge in [-0.3, -0.25) is 0 Å². The number of fused-ring (bicyclic) bond motifs is 1. The van der Waals surface area contributed by atoms with E-state index in [1.165, 1.54) is 11.8 Å². The highest BCUT2D eigenvalue weighted by Crippen LogP contribution is 2.33. The van der Waals surface area contributed by atoms with Gasteiger partial charge < -0.3 is 0 Å². The van der Waals surface area contributed by atoms with E-state index in [1.807, 2.05) is 0 Å². The molecule has 0 aliphatic rings. The van der Waals surface area contributed by atoms with Crippen LogP contribution in [-0.2, 0) is 0 Å². The minimum atomic E-state index is -0.749. The fourth-order valence-electron chi connectivity index (χ4n) is 1.20. The van der Waals surface area contributed by atoms with Crippen LogP contribution in [0.4, 0.5) is 4.39 Å². The van der Waals surface area contributed by atoms with Crippen LogP contribution in [0.5, 0.6) is 0 Å². The van der Waals surface area contributed by atoms with Crippen molar-refractivity contribution in [1.82, 2.24) is 15.0 Å². The molecule has 0 unspecified atom stereocenters. The molecule has 0 aliphatic heterocycles. The molecule has 2 rings (SSSR count). The second-order valence-corrected chi connectivity index (χ2v) is 4.58. The third kappa shape index (κ3) is 1.93. The van der Waals surface area contributed by atoms with Crippen molar-refractivity contribution in [3.8, 4) is 0 Å². The molecule has 0 amide bonds. The molecule has 0 radical (unpaired) electrons. The molecule has 0 aromatic carbocycles. The molecule has 2 heterocycles. The summed E-state index contributed by atoms with van der Waals surface area (Å²) in [6.07, 6.45) is 1.76. The topological polar surface area (TPSA) is 38.7 Å². The van der Waals surface area contributed by atoms with Crippen LogP contribution in [0.25, 0.3) is 10.9 Å². The van der Waals surface area contributed by atoms with E-state index in [4.69, 9.17) is 34.8 Å². The van der Waals surface area contributed by atoms with Crippen molar-refractivity contribution in [2.45, 2.75) is 5.03 Å². The monoisotopic (exact) mass is 297 g/mol. The quantitative estimate of drug-likeness (QED) is 0.347. The lowest BCUT2D eigenvalue weighted by Gasteiger charge is -2.06. The van der Waals surface area contributed by atoms with Crippen LogP contribution in [0, 0.1) is 5.82 Å². The minimum Gasteiger partial charge on any atom is -0.226 e. The molecular formula is C8H3Cl3FN3S. The predicted molar refractivity (Wildman–Crippen MR) is 64.1 cm³/mol. The highest BCUT2D eigenvalue weighted by molar-refractivity contribution is 7.98. The largest absolute Gasteiger partial charge is 0.226 e. The van der Waals surface area contributed by atoms with Gasteiger partial charge in [-0.15, -0.1) is 11.8 Å². The van der Waals surface area contributed by atoms with Crippen molar-refractivity contribution in [3.05, 3.63) is 21.4 Å². The summed E-state index contributed by atoms with van der Waals surface area (Å²) in [5.41, 5.74) is -0.0191. The molecule has 0 saturated carbocycles. The van der Waals surface area contributed by atoms with Crippen molar-refractivity contribution in [2.75, 3.05) is 6.26 Å². The summed E-state index contributed by atoms with van der Waals surface area (Å²) in [6, 6.07) is 0. The lowest BCUT2D eigenvalue weighted by atomic mass is 10.3. The van der Waals surface area contributed by atoms with Gasteiger partial charge in [0.1, 0.15) is 15.7 Å². The number of nitrogens with zero attached hydrogens (tertiary/aromatic N) is 3. The van der Waals surface area contributed by atoms with E-state index in [0.29, 0.717) is 10.4 Å². The molecular weight excluding hydrogens is 296 g/mol. The van der Waals surface area contributed by atoms with Crippen LogP contribution >= 0.6 is 46.6 Å². The fraction of sp³-hybridized carbons (Fsp3) is 0.125. The van der Waals surface area contributed by atoms with Gasteiger partial charge in [0.15, 0.2) is 11.0 Å². The standard InChI is InChI=1S/C8H3Cl3FN3S/c1-16-7-2-4(3(12)6(10)14-7)13-8(11)15-5(2)9/h1H3. The predicted octanol–water partition coefficient (Wildman–Crippen LogP) is 3.85. The molecule has 16 heavy (non-hydrogen) atoms. The van der Waals surface area contributed by atoms with Gasteiger partial charge >= 0.3 is 0 Å². The first kappa shape index (κ1) is 12.1. The first-order valence-electron chi connectivity index (χ1n) is 3.96. The average Bonchev–Trinajstić information content (AvgIpc) is 2.23. The van der Waals surface area contributed by atoms with E-state index in [-0.39, 0.29) is 21.1 Å². The van der Waals surface area contributed by atoms with Gasteiger partial charge in [-0.2, -0.15) is 0 Å². The summed E-state index contributed by atoms with van der Waals surface area (Å²) in [4.78, 5) is 11.4. The van der Waals surface area contributed by atoms with E-state index in [9.17, 15) is 4.39 Å². The molecule has 0 saturated heterocycles. The molecule has 0 atom stereocenters. The summed E-state index contributed by atoms with van der Waals surface area (Å²) < 4.78 is 13.7. The molecule has 2 aromatic rings. The van der Waals surface area contributed by atoms with Gasteiger partial charge in [0, 0.05) is 0 Å². The van der Waals surface area contributed by atoms with E-state index in [0.717, 1.165) is 0 Å². The Labute approximate surface area is 109 Å². The molecule has 84 valence electrons. The van der Waals surface area contributed by atoms with Crippen LogP contribution in [-0.4, -0.2) is 21.2 Å². The second kappa shape index (κ2) is 4.49. The maximum atomic E-state index is 13.7. The van der Waals surface area contributed by atoms with Crippen molar-refractivity contribution < 1.29 is 4.39 Å².